The second kappa shape index (κ2) is 7.91. The van der Waals surface area contributed by atoms with E-state index in [9.17, 15) is 9.59 Å². The van der Waals surface area contributed by atoms with Gasteiger partial charge in [-0.2, -0.15) is 0 Å². The topological polar surface area (TPSA) is 77.8 Å². The third-order valence-corrected chi connectivity index (χ3v) is 4.73. The van der Waals surface area contributed by atoms with E-state index in [2.05, 4.69) is 5.32 Å². The maximum absolute atomic E-state index is 12.8. The molecule has 1 aromatic heterocycles. The number of para-hydroxylation sites is 1. The van der Waals surface area contributed by atoms with Crippen molar-refractivity contribution in [3.63, 3.8) is 0 Å². The molecule has 0 aliphatic carbocycles. The van der Waals surface area contributed by atoms with Gasteiger partial charge in [-0.25, -0.2) is 0 Å². The van der Waals surface area contributed by atoms with E-state index in [1.165, 1.54) is 7.11 Å². The number of anilines is 1. The average molecular weight is 403 g/mol. The van der Waals surface area contributed by atoms with Crippen LogP contribution in [0.3, 0.4) is 0 Å². The minimum atomic E-state index is -0.311. The van der Waals surface area contributed by atoms with Gasteiger partial charge in [0.05, 0.1) is 17.9 Å². The molecule has 0 fully saturated rings. The first-order valence-electron chi connectivity index (χ1n) is 9.49. The Morgan fingerprint density at radius 3 is 2.50 bits per heavy atom. The molecule has 1 heterocycles. The van der Waals surface area contributed by atoms with Gasteiger partial charge in [0.25, 0.3) is 5.91 Å². The number of fused-ring (bicyclic) bond motifs is 2. The minimum Gasteiger partial charge on any atom is -0.493 e. The Bertz CT molecular complexity index is 1300. The van der Waals surface area contributed by atoms with Crippen molar-refractivity contribution in [1.29, 1.82) is 0 Å². The Hall–Kier alpha value is -3.80. The van der Waals surface area contributed by atoms with E-state index in [0.29, 0.717) is 39.1 Å². The molecule has 1 amide bonds. The molecule has 0 aliphatic rings. The maximum atomic E-state index is 12.8. The quantitative estimate of drug-likeness (QED) is 0.493. The number of aryl methyl sites for hydroxylation is 2. The lowest BCUT2D eigenvalue weighted by Gasteiger charge is -2.10. The third kappa shape index (κ3) is 3.85. The molecule has 6 heteroatoms. The van der Waals surface area contributed by atoms with Crippen LogP contribution in [0, 0.1) is 13.8 Å². The first-order chi connectivity index (χ1) is 14.4. The van der Waals surface area contributed by atoms with Crippen molar-refractivity contribution in [2.45, 2.75) is 13.8 Å². The van der Waals surface area contributed by atoms with Crippen LogP contribution in [0.1, 0.15) is 11.1 Å². The second-order valence-electron chi connectivity index (χ2n) is 7.14. The largest absolute Gasteiger partial charge is 0.493 e. The predicted octanol–water partition coefficient (Wildman–Crippen LogP) is 4.59. The molecule has 0 saturated carbocycles. The molecule has 0 bridgehead atoms. The number of amides is 1. The van der Waals surface area contributed by atoms with E-state index in [0.717, 1.165) is 11.1 Å². The zero-order valence-electron chi connectivity index (χ0n) is 16.9. The summed E-state index contributed by atoms with van der Waals surface area (Å²) >= 11 is 0. The lowest BCUT2D eigenvalue weighted by atomic mass is 10.1. The van der Waals surface area contributed by atoms with Crippen molar-refractivity contribution in [3.8, 4) is 11.5 Å². The molecule has 4 rings (SSSR count). The number of methoxy groups -OCH3 is 1. The van der Waals surface area contributed by atoms with Gasteiger partial charge < -0.3 is 19.2 Å². The fraction of sp³-hybridized carbons (Fsp3) is 0.167. The summed E-state index contributed by atoms with van der Waals surface area (Å²) in [7, 11) is 1.52. The molecule has 0 spiro atoms. The molecular weight excluding hydrogens is 382 g/mol. The van der Waals surface area contributed by atoms with Gasteiger partial charge in [0.1, 0.15) is 11.3 Å². The summed E-state index contributed by atoms with van der Waals surface area (Å²) in [6.45, 7) is 3.82. The molecule has 3 aromatic carbocycles. The van der Waals surface area contributed by atoms with E-state index in [4.69, 9.17) is 13.9 Å². The summed E-state index contributed by atoms with van der Waals surface area (Å²) < 4.78 is 16.8. The minimum absolute atomic E-state index is 0.129. The molecule has 1 N–H and O–H groups in total. The summed E-state index contributed by atoms with van der Waals surface area (Å²) in [6.07, 6.45) is 0. The van der Waals surface area contributed by atoms with Crippen molar-refractivity contribution in [1.82, 2.24) is 0 Å². The second-order valence-corrected chi connectivity index (χ2v) is 7.14. The van der Waals surface area contributed by atoms with Gasteiger partial charge >= 0.3 is 0 Å². The third-order valence-electron chi connectivity index (χ3n) is 4.73. The highest BCUT2D eigenvalue weighted by Gasteiger charge is 2.13. The Balaban J connectivity index is 1.57. The molecule has 0 radical (unpaired) electrons. The predicted molar refractivity (Wildman–Crippen MR) is 117 cm³/mol. The van der Waals surface area contributed by atoms with E-state index in [-0.39, 0.29) is 17.9 Å². The first kappa shape index (κ1) is 19.5. The highest BCUT2D eigenvalue weighted by molar-refractivity contribution is 5.96. The molecule has 6 nitrogen and oxygen atoms in total. The fourth-order valence-corrected chi connectivity index (χ4v) is 3.45. The lowest BCUT2D eigenvalue weighted by molar-refractivity contribution is -0.118. The van der Waals surface area contributed by atoms with Crippen LogP contribution in [0.4, 0.5) is 5.69 Å². The Morgan fingerprint density at radius 1 is 1.00 bits per heavy atom. The maximum Gasteiger partial charge on any atom is 0.262 e. The van der Waals surface area contributed by atoms with Crippen LogP contribution in [0.5, 0.6) is 11.5 Å². The highest BCUT2D eigenvalue weighted by Crippen LogP contribution is 2.28. The molecule has 152 valence electrons. The van der Waals surface area contributed by atoms with Crippen molar-refractivity contribution >= 4 is 33.5 Å². The van der Waals surface area contributed by atoms with Gasteiger partial charge in [-0.1, -0.05) is 12.1 Å². The number of carbonyl (C=O) groups excluding carboxylic acids is 1. The number of ether oxygens (including phenoxy) is 2. The van der Waals surface area contributed by atoms with Crippen LogP contribution in [0.25, 0.3) is 21.9 Å². The monoisotopic (exact) mass is 403 g/mol. The number of benzene rings is 3. The van der Waals surface area contributed by atoms with Crippen LogP contribution in [-0.2, 0) is 4.79 Å². The zero-order chi connectivity index (χ0) is 21.3. The normalized spacial score (nSPS) is 10.9. The van der Waals surface area contributed by atoms with Gasteiger partial charge in [0.2, 0.25) is 5.43 Å². The number of hydrogen-bond acceptors (Lipinski definition) is 5. The standard InChI is InChI=1S/C24H21NO5/c1-14-9-15(2)11-17(10-14)29-13-22(26)25-16-7-8-18-21(12-16)30-24-19(23(18)27)5-4-6-20(24)28-3/h4-12H,13H2,1-3H3,(H,25,26). The average Bonchev–Trinajstić information content (AvgIpc) is 2.71. The SMILES string of the molecule is COc1cccc2c(=O)c3ccc(NC(=O)COc4cc(C)cc(C)c4)cc3oc12. The molecule has 0 aliphatic heterocycles. The summed E-state index contributed by atoms with van der Waals surface area (Å²) in [6, 6.07) is 15.9. The first-order valence-corrected chi connectivity index (χ1v) is 9.49. The summed E-state index contributed by atoms with van der Waals surface area (Å²) in [5.74, 6) is 0.808. The molecule has 0 unspecified atom stereocenters. The van der Waals surface area contributed by atoms with E-state index in [1.807, 2.05) is 32.0 Å². The fourth-order valence-electron chi connectivity index (χ4n) is 3.45. The van der Waals surface area contributed by atoms with Gasteiger partial charge in [0.15, 0.2) is 17.9 Å². The summed E-state index contributed by atoms with van der Waals surface area (Å²) in [4.78, 5) is 25.1. The van der Waals surface area contributed by atoms with Crippen LogP contribution in [0.15, 0.2) is 63.8 Å². The van der Waals surface area contributed by atoms with Crippen molar-refractivity contribution in [3.05, 3.63) is 75.9 Å². The number of carbonyl (C=O) groups is 1. The molecule has 30 heavy (non-hydrogen) atoms. The Morgan fingerprint density at radius 2 is 1.77 bits per heavy atom. The van der Waals surface area contributed by atoms with Gasteiger partial charge in [-0.3, -0.25) is 9.59 Å². The number of nitrogens with one attached hydrogen (secondary N) is 1. The van der Waals surface area contributed by atoms with E-state index < -0.39 is 0 Å². The summed E-state index contributed by atoms with van der Waals surface area (Å²) in [5, 5.41) is 3.65. The van der Waals surface area contributed by atoms with Crippen molar-refractivity contribution in [2.24, 2.45) is 0 Å². The van der Waals surface area contributed by atoms with Gasteiger partial charge in [0, 0.05) is 11.8 Å². The number of hydrogen-bond donors (Lipinski definition) is 1. The van der Waals surface area contributed by atoms with Crippen molar-refractivity contribution in [2.75, 3.05) is 19.0 Å². The van der Waals surface area contributed by atoms with Crippen LogP contribution in [0.2, 0.25) is 0 Å². The molecule has 0 saturated heterocycles. The van der Waals surface area contributed by atoms with Crippen molar-refractivity contribution < 1.29 is 18.7 Å². The van der Waals surface area contributed by atoms with E-state index in [1.54, 1.807) is 36.4 Å². The molecule has 4 aromatic rings. The smallest absolute Gasteiger partial charge is 0.262 e. The van der Waals surface area contributed by atoms with Gasteiger partial charge in [-0.05, 0) is 61.4 Å². The number of rotatable bonds is 5. The highest BCUT2D eigenvalue weighted by atomic mass is 16.5. The van der Waals surface area contributed by atoms with E-state index >= 15 is 0 Å². The zero-order valence-corrected chi connectivity index (χ0v) is 16.9. The molecular formula is C24H21NO5. The van der Waals surface area contributed by atoms with Gasteiger partial charge in [-0.15, -0.1) is 0 Å². The van der Waals surface area contributed by atoms with Crippen LogP contribution < -0.4 is 20.2 Å². The van der Waals surface area contributed by atoms with Crippen LogP contribution in [-0.4, -0.2) is 19.6 Å². The molecule has 0 atom stereocenters. The van der Waals surface area contributed by atoms with Crippen LogP contribution >= 0.6 is 0 Å². The summed E-state index contributed by atoms with van der Waals surface area (Å²) in [5.41, 5.74) is 3.23. The Labute approximate surface area is 173 Å². The Kier molecular flexibility index (Phi) is 5.14. The lowest BCUT2D eigenvalue weighted by Crippen LogP contribution is -2.20.